The summed E-state index contributed by atoms with van der Waals surface area (Å²) in [5.74, 6) is 2.10. The van der Waals surface area contributed by atoms with E-state index < -0.39 is 0 Å². The Bertz CT molecular complexity index is 621. The van der Waals surface area contributed by atoms with Gasteiger partial charge in [-0.15, -0.1) is 0 Å². The van der Waals surface area contributed by atoms with E-state index in [4.69, 9.17) is 16.3 Å². The molecule has 0 amide bonds. The van der Waals surface area contributed by atoms with Crippen LogP contribution < -0.4 is 0 Å². The van der Waals surface area contributed by atoms with Crippen LogP contribution in [-0.2, 0) is 9.53 Å². The number of carbonyl (C=O) groups is 1. The molecule has 2 saturated carbocycles. The third-order valence-electron chi connectivity index (χ3n) is 7.88. The Morgan fingerprint density at radius 3 is 2.62 bits per heavy atom. The molecule has 132 valence electrons. The first kappa shape index (κ1) is 16.7. The van der Waals surface area contributed by atoms with Crippen LogP contribution in [-0.4, -0.2) is 12.1 Å². The Labute approximate surface area is 150 Å². The van der Waals surface area contributed by atoms with Crippen LogP contribution in [0.15, 0.2) is 22.8 Å². The zero-order valence-corrected chi connectivity index (χ0v) is 15.9. The fourth-order valence-electron chi connectivity index (χ4n) is 6.48. The number of allylic oxidation sites excluding steroid dienone is 3. The van der Waals surface area contributed by atoms with Crippen molar-refractivity contribution in [2.75, 3.05) is 0 Å². The second-order valence-corrected chi connectivity index (χ2v) is 9.38. The van der Waals surface area contributed by atoms with Crippen molar-refractivity contribution in [2.45, 2.75) is 71.8 Å². The summed E-state index contributed by atoms with van der Waals surface area (Å²) in [6.07, 6.45) is 12.8. The lowest BCUT2D eigenvalue weighted by molar-refractivity contribution is -0.148. The SMILES string of the molecule is CC(=O)O[C@H]1CC[C@@]2(C)C(=CCC3C2CC[C@]2(C)C(Cl)=CCC32)C1. The molecule has 0 saturated heterocycles. The molecule has 4 aliphatic rings. The molecule has 0 aromatic heterocycles. The average Bonchev–Trinajstić information content (AvgIpc) is 2.83. The second kappa shape index (κ2) is 5.62. The monoisotopic (exact) mass is 348 g/mol. The molecule has 24 heavy (non-hydrogen) atoms. The lowest BCUT2D eigenvalue weighted by Crippen LogP contribution is -2.50. The number of hydrogen-bond donors (Lipinski definition) is 0. The lowest BCUT2D eigenvalue weighted by Gasteiger charge is -2.57. The van der Waals surface area contributed by atoms with Gasteiger partial charge in [0.15, 0.2) is 0 Å². The van der Waals surface area contributed by atoms with Crippen LogP contribution in [0.4, 0.5) is 0 Å². The Balaban J connectivity index is 1.59. The molecular weight excluding hydrogens is 320 g/mol. The zero-order chi connectivity index (χ0) is 17.1. The summed E-state index contributed by atoms with van der Waals surface area (Å²) in [6, 6.07) is 0. The fourth-order valence-corrected chi connectivity index (χ4v) is 6.80. The van der Waals surface area contributed by atoms with Gasteiger partial charge in [0.05, 0.1) is 0 Å². The maximum atomic E-state index is 11.3. The van der Waals surface area contributed by atoms with E-state index in [1.807, 2.05) is 0 Å². The van der Waals surface area contributed by atoms with E-state index in [2.05, 4.69) is 26.0 Å². The predicted octanol–water partition coefficient (Wildman–Crippen LogP) is 5.61. The number of esters is 1. The molecule has 0 N–H and O–H groups in total. The summed E-state index contributed by atoms with van der Waals surface area (Å²) < 4.78 is 5.52. The van der Waals surface area contributed by atoms with Crippen molar-refractivity contribution in [1.29, 1.82) is 0 Å². The normalized spacial score (nSPS) is 47.0. The van der Waals surface area contributed by atoms with Gasteiger partial charge in [0, 0.05) is 23.8 Å². The molecule has 4 aliphatic carbocycles. The van der Waals surface area contributed by atoms with Crippen LogP contribution in [0.5, 0.6) is 0 Å². The molecule has 0 radical (unpaired) electrons. The van der Waals surface area contributed by atoms with Gasteiger partial charge < -0.3 is 4.74 Å². The van der Waals surface area contributed by atoms with Crippen LogP contribution in [0.3, 0.4) is 0 Å². The van der Waals surface area contributed by atoms with Gasteiger partial charge in [0.25, 0.3) is 0 Å². The lowest BCUT2D eigenvalue weighted by atomic mass is 9.48. The molecule has 4 rings (SSSR count). The predicted molar refractivity (Wildman–Crippen MR) is 96.6 cm³/mol. The highest BCUT2D eigenvalue weighted by Gasteiger charge is 2.56. The Morgan fingerprint density at radius 1 is 1.12 bits per heavy atom. The molecule has 0 bridgehead atoms. The van der Waals surface area contributed by atoms with E-state index in [-0.39, 0.29) is 17.5 Å². The topological polar surface area (TPSA) is 26.3 Å². The summed E-state index contributed by atoms with van der Waals surface area (Å²) in [6.45, 7) is 6.39. The van der Waals surface area contributed by atoms with E-state index in [9.17, 15) is 4.79 Å². The first-order valence-electron chi connectivity index (χ1n) is 9.57. The van der Waals surface area contributed by atoms with E-state index in [1.165, 1.54) is 26.2 Å². The minimum Gasteiger partial charge on any atom is -0.462 e. The number of halogens is 1. The summed E-state index contributed by atoms with van der Waals surface area (Å²) in [5, 5.41) is 1.12. The van der Waals surface area contributed by atoms with Gasteiger partial charge in [-0.2, -0.15) is 0 Å². The van der Waals surface area contributed by atoms with Crippen molar-refractivity contribution in [3.8, 4) is 0 Å². The van der Waals surface area contributed by atoms with Crippen molar-refractivity contribution in [3.05, 3.63) is 22.8 Å². The van der Waals surface area contributed by atoms with Gasteiger partial charge in [-0.3, -0.25) is 4.79 Å². The molecule has 3 unspecified atom stereocenters. The standard InChI is InChI=1S/C21H29ClO2/c1-13(23)24-15-8-10-20(2)14(12-15)4-5-16-17-6-7-19(22)21(17,3)11-9-18(16)20/h4,7,15-18H,5-6,8-12H2,1-3H3/t15-,16?,17?,18?,20-,21-/m0/s1. The quantitative estimate of drug-likeness (QED) is 0.454. The van der Waals surface area contributed by atoms with Crippen molar-refractivity contribution >= 4 is 17.6 Å². The number of hydrogen-bond acceptors (Lipinski definition) is 2. The number of carbonyl (C=O) groups excluding carboxylic acids is 1. The third kappa shape index (κ3) is 2.32. The minimum absolute atomic E-state index is 0.0924. The number of fused-ring (bicyclic) bond motifs is 5. The maximum absolute atomic E-state index is 11.3. The highest BCUT2D eigenvalue weighted by atomic mass is 35.5. The van der Waals surface area contributed by atoms with E-state index in [0.29, 0.717) is 11.3 Å². The molecule has 0 aliphatic heterocycles. The molecule has 6 atom stereocenters. The smallest absolute Gasteiger partial charge is 0.302 e. The molecule has 0 aromatic carbocycles. The molecular formula is C21H29ClO2. The number of rotatable bonds is 1. The van der Waals surface area contributed by atoms with E-state index >= 15 is 0 Å². The molecule has 0 heterocycles. The van der Waals surface area contributed by atoms with E-state index in [0.717, 1.165) is 42.6 Å². The molecule has 2 nitrogen and oxygen atoms in total. The Morgan fingerprint density at radius 2 is 1.88 bits per heavy atom. The number of ether oxygens (including phenoxy) is 1. The van der Waals surface area contributed by atoms with Crippen molar-refractivity contribution in [2.24, 2.45) is 28.6 Å². The fraction of sp³-hybridized carbons (Fsp3) is 0.762. The van der Waals surface area contributed by atoms with Crippen LogP contribution >= 0.6 is 11.6 Å². The first-order valence-corrected chi connectivity index (χ1v) is 9.95. The first-order chi connectivity index (χ1) is 11.3. The molecule has 0 aromatic rings. The van der Waals surface area contributed by atoms with Gasteiger partial charge in [0.1, 0.15) is 6.10 Å². The molecule has 3 heteroatoms. The highest BCUT2D eigenvalue weighted by molar-refractivity contribution is 6.30. The van der Waals surface area contributed by atoms with Gasteiger partial charge in [-0.05, 0) is 61.7 Å². The van der Waals surface area contributed by atoms with Crippen molar-refractivity contribution in [3.63, 3.8) is 0 Å². The largest absolute Gasteiger partial charge is 0.462 e. The van der Waals surface area contributed by atoms with Crippen LogP contribution in [0.1, 0.15) is 65.7 Å². The minimum atomic E-state index is -0.141. The maximum Gasteiger partial charge on any atom is 0.302 e. The average molecular weight is 349 g/mol. The Hall–Kier alpha value is -0.760. The molecule has 2 fully saturated rings. The summed E-state index contributed by atoms with van der Waals surface area (Å²) >= 11 is 6.60. The molecule has 0 spiro atoms. The van der Waals surface area contributed by atoms with Gasteiger partial charge >= 0.3 is 5.97 Å². The summed E-state index contributed by atoms with van der Waals surface area (Å²) in [5.41, 5.74) is 2.08. The van der Waals surface area contributed by atoms with Crippen LogP contribution in [0, 0.1) is 28.6 Å². The second-order valence-electron chi connectivity index (χ2n) is 8.98. The highest BCUT2D eigenvalue weighted by Crippen LogP contribution is 2.65. The van der Waals surface area contributed by atoms with Gasteiger partial charge in [-0.1, -0.05) is 43.2 Å². The Kier molecular flexibility index (Phi) is 3.91. The summed E-state index contributed by atoms with van der Waals surface area (Å²) in [4.78, 5) is 11.3. The zero-order valence-electron chi connectivity index (χ0n) is 15.1. The van der Waals surface area contributed by atoms with Gasteiger partial charge in [0.2, 0.25) is 0 Å². The van der Waals surface area contributed by atoms with Gasteiger partial charge in [-0.25, -0.2) is 0 Å². The van der Waals surface area contributed by atoms with Crippen LogP contribution in [0.25, 0.3) is 0 Å². The van der Waals surface area contributed by atoms with Crippen molar-refractivity contribution in [1.82, 2.24) is 0 Å². The summed E-state index contributed by atoms with van der Waals surface area (Å²) in [7, 11) is 0. The van der Waals surface area contributed by atoms with Crippen LogP contribution in [0.2, 0.25) is 0 Å². The van der Waals surface area contributed by atoms with E-state index in [1.54, 1.807) is 5.57 Å². The van der Waals surface area contributed by atoms with Crippen molar-refractivity contribution < 1.29 is 9.53 Å². The third-order valence-corrected chi connectivity index (χ3v) is 8.46.